The minimum absolute atomic E-state index is 0.171. The summed E-state index contributed by atoms with van der Waals surface area (Å²) in [5, 5.41) is 9.04. The molecular weight excluding hydrogens is 358 g/mol. The van der Waals surface area contributed by atoms with Crippen molar-refractivity contribution >= 4 is 39.5 Å². The number of hydrogen-bond acceptors (Lipinski definition) is 6. The molecule has 0 unspecified atom stereocenters. The molecule has 0 saturated heterocycles. The zero-order chi connectivity index (χ0) is 17.4. The quantitative estimate of drug-likeness (QED) is 0.728. The van der Waals surface area contributed by atoms with Gasteiger partial charge in [0.1, 0.15) is 5.00 Å². The Balaban J connectivity index is 1.61. The van der Waals surface area contributed by atoms with E-state index in [4.69, 9.17) is 10.3 Å². The third-order valence-corrected chi connectivity index (χ3v) is 6.24. The van der Waals surface area contributed by atoms with E-state index in [1.165, 1.54) is 22.7 Å². The Labute approximate surface area is 151 Å². The summed E-state index contributed by atoms with van der Waals surface area (Å²) in [6.45, 7) is 0. The molecule has 1 aliphatic rings. The topological polar surface area (TPSA) is 98.2 Å². The monoisotopic (exact) mass is 373 g/mol. The highest BCUT2D eigenvalue weighted by molar-refractivity contribution is 7.17. The molecule has 6 nitrogen and oxygen atoms in total. The maximum atomic E-state index is 12.5. The highest BCUT2D eigenvalue weighted by Crippen LogP contribution is 2.38. The van der Waals surface area contributed by atoms with Crippen LogP contribution in [0, 0.1) is 0 Å². The molecule has 2 amide bonds. The fourth-order valence-corrected chi connectivity index (χ4v) is 4.96. The summed E-state index contributed by atoms with van der Waals surface area (Å²) in [6.07, 6.45) is 3.87. The Bertz CT molecular complexity index is 941. The number of hydrogen-bond donors (Lipinski definition) is 2. The Morgan fingerprint density at radius 3 is 2.88 bits per heavy atom. The number of aromatic nitrogens is 1. The number of anilines is 1. The number of aryl methyl sites for hydroxylation is 1. The van der Waals surface area contributed by atoms with E-state index in [0.29, 0.717) is 16.3 Å². The highest BCUT2D eigenvalue weighted by Gasteiger charge is 2.26. The van der Waals surface area contributed by atoms with Crippen LogP contribution in [0.1, 0.15) is 44.1 Å². The fraction of sp³-hybridized carbons (Fsp3) is 0.235. The van der Waals surface area contributed by atoms with Crippen molar-refractivity contribution in [2.24, 2.45) is 5.73 Å². The third-order valence-electron chi connectivity index (χ3n) is 4.15. The second kappa shape index (κ2) is 6.45. The number of thiophene rings is 2. The third kappa shape index (κ3) is 2.98. The van der Waals surface area contributed by atoms with Crippen LogP contribution >= 0.6 is 22.7 Å². The van der Waals surface area contributed by atoms with Gasteiger partial charge in [-0.3, -0.25) is 9.59 Å². The van der Waals surface area contributed by atoms with E-state index in [1.807, 2.05) is 17.5 Å². The van der Waals surface area contributed by atoms with Gasteiger partial charge in [0.15, 0.2) is 11.5 Å². The molecule has 4 rings (SSSR count). The lowest BCUT2D eigenvalue weighted by Gasteiger charge is -2.11. The zero-order valence-electron chi connectivity index (χ0n) is 13.2. The van der Waals surface area contributed by atoms with E-state index in [9.17, 15) is 9.59 Å². The molecule has 0 radical (unpaired) electrons. The number of fused-ring (bicyclic) bond motifs is 1. The Morgan fingerprint density at radius 1 is 1.28 bits per heavy atom. The predicted octanol–water partition coefficient (Wildman–Crippen LogP) is 3.69. The molecule has 0 spiro atoms. The normalized spacial score (nSPS) is 13.4. The summed E-state index contributed by atoms with van der Waals surface area (Å²) in [7, 11) is 0. The van der Waals surface area contributed by atoms with Gasteiger partial charge >= 0.3 is 0 Å². The first kappa shape index (κ1) is 16.0. The number of nitrogens with two attached hydrogens (primary N) is 1. The molecular formula is C17H15N3O3S2. The molecule has 8 heteroatoms. The molecule has 3 aromatic heterocycles. The Morgan fingerprint density at radius 2 is 2.12 bits per heavy atom. The average molecular weight is 373 g/mol. The molecule has 0 aromatic carbocycles. The molecule has 0 fully saturated rings. The molecule has 3 heterocycles. The summed E-state index contributed by atoms with van der Waals surface area (Å²) in [4.78, 5) is 26.4. The first-order chi connectivity index (χ1) is 12.1. The van der Waals surface area contributed by atoms with E-state index in [2.05, 4.69) is 10.5 Å². The van der Waals surface area contributed by atoms with Gasteiger partial charge in [0.25, 0.3) is 11.8 Å². The van der Waals surface area contributed by atoms with E-state index in [0.717, 1.165) is 41.0 Å². The van der Waals surface area contributed by atoms with Crippen molar-refractivity contribution in [2.75, 3.05) is 5.32 Å². The fourth-order valence-electron chi connectivity index (χ4n) is 3.00. The first-order valence-electron chi connectivity index (χ1n) is 7.90. The number of nitrogens with one attached hydrogen (secondary N) is 1. The molecule has 0 atom stereocenters. The minimum Gasteiger partial charge on any atom is -0.365 e. The van der Waals surface area contributed by atoms with Crippen LogP contribution in [-0.4, -0.2) is 17.0 Å². The SMILES string of the molecule is NC(=O)c1c(NC(=O)c2cc(-c3cccs3)on2)sc2c1CCCC2. The van der Waals surface area contributed by atoms with Crippen molar-refractivity contribution in [1.82, 2.24) is 5.16 Å². The van der Waals surface area contributed by atoms with Gasteiger partial charge < -0.3 is 15.6 Å². The van der Waals surface area contributed by atoms with Crippen LogP contribution in [0.3, 0.4) is 0 Å². The smallest absolute Gasteiger partial charge is 0.278 e. The van der Waals surface area contributed by atoms with Gasteiger partial charge in [-0.25, -0.2) is 0 Å². The summed E-state index contributed by atoms with van der Waals surface area (Å²) in [5.41, 5.74) is 7.15. The summed E-state index contributed by atoms with van der Waals surface area (Å²) in [6, 6.07) is 5.39. The summed E-state index contributed by atoms with van der Waals surface area (Å²) in [5.74, 6) is -0.373. The second-order valence-electron chi connectivity index (χ2n) is 5.79. The Kier molecular flexibility index (Phi) is 4.14. The van der Waals surface area contributed by atoms with Gasteiger partial charge in [0.05, 0.1) is 10.4 Å². The number of carbonyl (C=O) groups is 2. The van der Waals surface area contributed by atoms with Crippen molar-refractivity contribution in [2.45, 2.75) is 25.7 Å². The molecule has 25 heavy (non-hydrogen) atoms. The number of amides is 2. The van der Waals surface area contributed by atoms with Gasteiger partial charge in [-0.1, -0.05) is 11.2 Å². The molecule has 1 aliphatic carbocycles. The molecule has 3 aromatic rings. The zero-order valence-corrected chi connectivity index (χ0v) is 14.8. The highest BCUT2D eigenvalue weighted by atomic mass is 32.1. The lowest BCUT2D eigenvalue weighted by molar-refractivity contribution is 0.100. The van der Waals surface area contributed by atoms with Crippen LogP contribution in [-0.2, 0) is 12.8 Å². The molecule has 0 aliphatic heterocycles. The van der Waals surface area contributed by atoms with Gasteiger partial charge in [-0.05, 0) is 42.7 Å². The first-order valence-corrected chi connectivity index (χ1v) is 9.59. The van der Waals surface area contributed by atoms with Crippen LogP contribution in [0.4, 0.5) is 5.00 Å². The number of rotatable bonds is 4. The van der Waals surface area contributed by atoms with Crippen LogP contribution in [0.15, 0.2) is 28.1 Å². The van der Waals surface area contributed by atoms with Gasteiger partial charge in [0, 0.05) is 10.9 Å². The van der Waals surface area contributed by atoms with Gasteiger partial charge in [-0.2, -0.15) is 0 Å². The molecule has 0 bridgehead atoms. The van der Waals surface area contributed by atoms with Crippen molar-refractivity contribution in [3.05, 3.63) is 45.3 Å². The van der Waals surface area contributed by atoms with Gasteiger partial charge in [0.2, 0.25) is 0 Å². The minimum atomic E-state index is -0.505. The molecule has 128 valence electrons. The van der Waals surface area contributed by atoms with Crippen molar-refractivity contribution in [3.63, 3.8) is 0 Å². The van der Waals surface area contributed by atoms with E-state index in [-0.39, 0.29) is 5.69 Å². The van der Waals surface area contributed by atoms with E-state index >= 15 is 0 Å². The standard InChI is InChI=1S/C17H15N3O3S2/c18-15(21)14-9-4-1-2-5-12(9)25-17(14)19-16(22)10-8-11(23-20-10)13-6-3-7-24-13/h3,6-8H,1-2,4-5H2,(H2,18,21)(H,19,22). The van der Waals surface area contributed by atoms with Crippen molar-refractivity contribution < 1.29 is 14.1 Å². The maximum Gasteiger partial charge on any atom is 0.278 e. The summed E-state index contributed by atoms with van der Waals surface area (Å²) < 4.78 is 5.24. The van der Waals surface area contributed by atoms with E-state index < -0.39 is 11.8 Å². The van der Waals surface area contributed by atoms with Gasteiger partial charge in [-0.15, -0.1) is 22.7 Å². The number of carbonyl (C=O) groups excluding carboxylic acids is 2. The van der Waals surface area contributed by atoms with Crippen molar-refractivity contribution in [1.29, 1.82) is 0 Å². The van der Waals surface area contributed by atoms with Crippen LogP contribution in [0.5, 0.6) is 0 Å². The van der Waals surface area contributed by atoms with E-state index in [1.54, 1.807) is 6.07 Å². The lowest BCUT2D eigenvalue weighted by atomic mass is 9.95. The van der Waals surface area contributed by atoms with Crippen LogP contribution < -0.4 is 11.1 Å². The van der Waals surface area contributed by atoms with Crippen molar-refractivity contribution in [3.8, 4) is 10.6 Å². The average Bonchev–Trinajstić information content (AvgIpc) is 3.32. The predicted molar refractivity (Wildman–Crippen MR) is 97.2 cm³/mol. The largest absolute Gasteiger partial charge is 0.365 e. The summed E-state index contributed by atoms with van der Waals surface area (Å²) >= 11 is 2.93. The molecule has 3 N–H and O–H groups in total. The Hall–Kier alpha value is -2.45. The van der Waals surface area contributed by atoms with Crippen LogP contribution in [0.2, 0.25) is 0 Å². The maximum absolute atomic E-state index is 12.5. The van der Waals surface area contributed by atoms with Crippen LogP contribution in [0.25, 0.3) is 10.6 Å². The second-order valence-corrected chi connectivity index (χ2v) is 7.84. The number of nitrogens with zero attached hydrogens (tertiary/aromatic N) is 1. The lowest BCUT2D eigenvalue weighted by Crippen LogP contribution is -2.18. The number of primary amides is 1. The molecule has 0 saturated carbocycles.